The topological polar surface area (TPSA) is 169 Å². The second kappa shape index (κ2) is 28.6. The minimum atomic E-state index is -2.74. The first-order valence-electron chi connectivity index (χ1n) is 13.8. The third kappa shape index (κ3) is 30.8. The Hall–Kier alpha value is -1.42. The van der Waals surface area contributed by atoms with Crippen LogP contribution in [-0.4, -0.2) is 84.6 Å². The maximum atomic E-state index is 10.4. The SMILES string of the molecule is CCCCCCCC/C=C\CCCCCCCCCCCC(=O)O.O=C(O)CC(O)(CC(=O)O)C(=O)O.[Na]. The largest absolute Gasteiger partial charge is 0.481 e. The zero-order valence-corrected chi connectivity index (χ0v) is 25.7. The van der Waals surface area contributed by atoms with Crippen molar-refractivity contribution in [2.75, 3.05) is 0 Å². The van der Waals surface area contributed by atoms with Gasteiger partial charge in [-0.05, 0) is 32.1 Å². The Balaban J connectivity index is -0.000000743. The van der Waals surface area contributed by atoms with Gasteiger partial charge in [0.05, 0.1) is 12.8 Å². The fourth-order valence-electron chi connectivity index (χ4n) is 3.77. The molecule has 0 heterocycles. The molecule has 0 aromatic rings. The number of carbonyl (C=O) groups is 4. The molecule has 5 N–H and O–H groups in total. The molecule has 0 atom stereocenters. The number of aliphatic carboxylic acids is 4. The van der Waals surface area contributed by atoms with Crippen molar-refractivity contribution in [3.05, 3.63) is 12.2 Å². The van der Waals surface area contributed by atoms with Crippen LogP contribution in [0.3, 0.4) is 0 Å². The second-order valence-electron chi connectivity index (χ2n) is 9.62. The van der Waals surface area contributed by atoms with Gasteiger partial charge in [-0.15, -0.1) is 0 Å². The Morgan fingerprint density at radius 2 is 0.895 bits per heavy atom. The van der Waals surface area contributed by atoms with Crippen molar-refractivity contribution in [1.29, 1.82) is 0 Å². The van der Waals surface area contributed by atoms with Crippen molar-refractivity contribution >= 4 is 53.4 Å². The van der Waals surface area contributed by atoms with Crippen LogP contribution in [0, 0.1) is 0 Å². The Labute approximate surface area is 250 Å². The van der Waals surface area contributed by atoms with Crippen molar-refractivity contribution in [1.82, 2.24) is 0 Å². The van der Waals surface area contributed by atoms with Crippen molar-refractivity contribution in [2.45, 2.75) is 141 Å². The number of hydrogen-bond donors (Lipinski definition) is 5. The molecule has 0 unspecified atom stereocenters. The molecule has 0 aliphatic rings. The van der Waals surface area contributed by atoms with E-state index < -0.39 is 42.3 Å². The third-order valence-corrected chi connectivity index (χ3v) is 5.94. The summed E-state index contributed by atoms with van der Waals surface area (Å²) in [5.74, 6) is -5.68. The summed E-state index contributed by atoms with van der Waals surface area (Å²) in [5.41, 5.74) is -2.74. The molecule has 0 amide bonds. The first-order valence-corrected chi connectivity index (χ1v) is 13.8. The summed E-state index contributed by atoms with van der Waals surface area (Å²) in [4.78, 5) is 40.9. The van der Waals surface area contributed by atoms with Gasteiger partial charge in [0.2, 0.25) is 0 Å². The molecular formula is C28H50NaO9. The van der Waals surface area contributed by atoms with Crippen LogP contribution in [0.1, 0.15) is 135 Å². The molecule has 0 aromatic carbocycles. The Kier molecular flexibility index (Phi) is 30.9. The Bertz CT molecular complexity index is 634. The van der Waals surface area contributed by atoms with Crippen LogP contribution in [0.15, 0.2) is 12.2 Å². The predicted octanol–water partition coefficient (Wildman–Crippen LogP) is 6.04. The van der Waals surface area contributed by atoms with E-state index in [1.54, 1.807) is 0 Å². The van der Waals surface area contributed by atoms with Gasteiger partial charge in [0.1, 0.15) is 0 Å². The average Bonchev–Trinajstić information content (AvgIpc) is 2.79. The number of hydrogen-bond acceptors (Lipinski definition) is 5. The van der Waals surface area contributed by atoms with Crippen molar-refractivity contribution in [3.63, 3.8) is 0 Å². The van der Waals surface area contributed by atoms with Crippen LogP contribution in [0.25, 0.3) is 0 Å². The van der Waals surface area contributed by atoms with Gasteiger partial charge in [-0.3, -0.25) is 14.4 Å². The van der Waals surface area contributed by atoms with Crippen LogP contribution in [-0.2, 0) is 19.2 Å². The van der Waals surface area contributed by atoms with Gasteiger partial charge in [0, 0.05) is 36.0 Å². The van der Waals surface area contributed by atoms with E-state index in [4.69, 9.17) is 25.5 Å². The fourth-order valence-corrected chi connectivity index (χ4v) is 3.77. The summed E-state index contributed by atoms with van der Waals surface area (Å²) in [6.45, 7) is 2.27. The maximum absolute atomic E-state index is 10.4. The van der Waals surface area contributed by atoms with Crippen LogP contribution in [0.4, 0.5) is 0 Å². The number of aliphatic hydroxyl groups is 1. The molecule has 0 spiro atoms. The van der Waals surface area contributed by atoms with E-state index >= 15 is 0 Å². The molecular weight excluding hydrogens is 503 g/mol. The van der Waals surface area contributed by atoms with Crippen LogP contribution >= 0.6 is 0 Å². The van der Waals surface area contributed by atoms with E-state index in [9.17, 15) is 19.2 Å². The van der Waals surface area contributed by atoms with Gasteiger partial charge < -0.3 is 25.5 Å². The quantitative estimate of drug-likeness (QED) is 0.0543. The van der Waals surface area contributed by atoms with Crippen LogP contribution in [0.2, 0.25) is 0 Å². The summed E-state index contributed by atoms with van der Waals surface area (Å²) in [7, 11) is 0. The summed E-state index contributed by atoms with van der Waals surface area (Å²) in [6.07, 6.45) is 24.8. The summed E-state index contributed by atoms with van der Waals surface area (Å²) in [6, 6.07) is 0. The van der Waals surface area contributed by atoms with Gasteiger partial charge in [-0.1, -0.05) is 96.1 Å². The van der Waals surface area contributed by atoms with Gasteiger partial charge in [0.25, 0.3) is 0 Å². The van der Waals surface area contributed by atoms with Crippen molar-refractivity contribution in [2.24, 2.45) is 0 Å². The predicted molar refractivity (Wildman–Crippen MR) is 148 cm³/mol. The molecule has 38 heavy (non-hydrogen) atoms. The molecule has 0 aromatic heterocycles. The first-order chi connectivity index (χ1) is 17.5. The molecule has 0 saturated heterocycles. The molecule has 0 aliphatic carbocycles. The van der Waals surface area contributed by atoms with E-state index in [1.165, 1.54) is 96.3 Å². The van der Waals surface area contributed by atoms with E-state index in [-0.39, 0.29) is 29.6 Å². The molecule has 9 nitrogen and oxygen atoms in total. The van der Waals surface area contributed by atoms with Gasteiger partial charge in [-0.2, -0.15) is 0 Å². The molecule has 10 heteroatoms. The fraction of sp³-hybridized carbons (Fsp3) is 0.786. The van der Waals surface area contributed by atoms with Crippen LogP contribution < -0.4 is 0 Å². The zero-order chi connectivity index (χ0) is 28.4. The summed E-state index contributed by atoms with van der Waals surface area (Å²) < 4.78 is 0. The molecule has 0 rings (SSSR count). The molecule has 217 valence electrons. The van der Waals surface area contributed by atoms with Crippen molar-refractivity contribution in [3.8, 4) is 0 Å². The van der Waals surface area contributed by atoms with E-state index in [2.05, 4.69) is 19.1 Å². The Morgan fingerprint density at radius 1 is 0.553 bits per heavy atom. The summed E-state index contributed by atoms with van der Waals surface area (Å²) in [5, 5.41) is 42.4. The Morgan fingerprint density at radius 3 is 1.21 bits per heavy atom. The monoisotopic (exact) mass is 553 g/mol. The zero-order valence-electron chi connectivity index (χ0n) is 23.7. The number of rotatable bonds is 24. The smallest absolute Gasteiger partial charge is 0.336 e. The molecule has 0 fully saturated rings. The molecule has 0 saturated carbocycles. The summed E-state index contributed by atoms with van der Waals surface area (Å²) >= 11 is 0. The standard InChI is InChI=1S/C22H42O2.C6H8O7.Na/c1-2-3-4-5-6-7-8-9-10-11-12-13-14-15-16-17-18-19-20-21-22(23)24;7-3(8)1-6(13,5(11)12)2-4(9)10;/h9-10H,2-8,11-21H2,1H3,(H,23,24);13H,1-2H2,(H,7,8)(H,9,10)(H,11,12);/b10-9-;;. The number of carboxylic acid groups (broad SMARTS) is 4. The third-order valence-electron chi connectivity index (χ3n) is 5.94. The van der Waals surface area contributed by atoms with Gasteiger partial charge in [0.15, 0.2) is 5.60 Å². The van der Waals surface area contributed by atoms with Gasteiger partial charge >= 0.3 is 23.9 Å². The van der Waals surface area contributed by atoms with E-state index in [1.807, 2.05) is 0 Å². The first kappa shape index (κ1) is 41.1. The molecule has 0 aliphatic heterocycles. The van der Waals surface area contributed by atoms with Gasteiger partial charge in [-0.25, -0.2) is 4.79 Å². The normalized spacial score (nSPS) is 10.9. The minimum absolute atomic E-state index is 0. The minimum Gasteiger partial charge on any atom is -0.481 e. The average molecular weight is 554 g/mol. The van der Waals surface area contributed by atoms with E-state index in [0.29, 0.717) is 6.42 Å². The van der Waals surface area contributed by atoms with Crippen LogP contribution in [0.5, 0.6) is 0 Å². The molecule has 1 radical (unpaired) electrons. The maximum Gasteiger partial charge on any atom is 0.336 e. The van der Waals surface area contributed by atoms with E-state index in [0.717, 1.165) is 12.8 Å². The number of carboxylic acids is 4. The second-order valence-corrected chi connectivity index (χ2v) is 9.62. The number of unbranched alkanes of at least 4 members (excludes halogenated alkanes) is 15. The number of allylic oxidation sites excluding steroid dienone is 2. The molecule has 0 bridgehead atoms. The van der Waals surface area contributed by atoms with Crippen molar-refractivity contribution < 1.29 is 44.7 Å².